The zero-order valence-corrected chi connectivity index (χ0v) is 16.6. The topological polar surface area (TPSA) is 77.1 Å². The summed E-state index contributed by atoms with van der Waals surface area (Å²) in [6, 6.07) is 7.09. The Labute approximate surface area is 166 Å². The average molecular weight is 390 g/mol. The quantitative estimate of drug-likeness (QED) is 0.738. The molecule has 1 aliphatic heterocycles. The van der Waals surface area contributed by atoms with E-state index < -0.39 is 5.60 Å². The lowest BCUT2D eigenvalue weighted by Crippen LogP contribution is -2.43. The highest BCUT2D eigenvalue weighted by atomic mass is 16.5. The van der Waals surface area contributed by atoms with Gasteiger partial charge in [-0.2, -0.15) is 0 Å². The van der Waals surface area contributed by atoms with E-state index in [9.17, 15) is 9.59 Å². The minimum atomic E-state index is -0.699. The van der Waals surface area contributed by atoms with E-state index in [0.29, 0.717) is 44.3 Å². The number of hydrogen-bond acceptors (Lipinski definition) is 5. The molecule has 1 heterocycles. The summed E-state index contributed by atoms with van der Waals surface area (Å²) in [7, 11) is 0. The van der Waals surface area contributed by atoms with Crippen molar-refractivity contribution in [2.45, 2.75) is 44.6 Å². The van der Waals surface area contributed by atoms with Gasteiger partial charge in [0.2, 0.25) is 0 Å². The molecule has 7 heteroatoms. The number of rotatable bonds is 8. The lowest BCUT2D eigenvalue weighted by atomic mass is 10.0. The molecule has 0 spiro atoms. The molecule has 2 aliphatic rings. The van der Waals surface area contributed by atoms with Crippen LogP contribution < -0.4 is 10.1 Å². The minimum absolute atomic E-state index is 0.000323. The van der Waals surface area contributed by atoms with E-state index in [2.05, 4.69) is 5.32 Å². The van der Waals surface area contributed by atoms with Crippen molar-refractivity contribution in [3.63, 3.8) is 0 Å². The van der Waals surface area contributed by atoms with Gasteiger partial charge in [-0.3, -0.25) is 9.59 Å². The fourth-order valence-electron chi connectivity index (χ4n) is 3.61. The van der Waals surface area contributed by atoms with Crippen LogP contribution in [0, 0.1) is 0 Å². The second-order valence-corrected chi connectivity index (χ2v) is 7.31. The monoisotopic (exact) mass is 390 g/mol. The van der Waals surface area contributed by atoms with Crippen LogP contribution in [0.2, 0.25) is 0 Å². The molecule has 2 amide bonds. The fourth-order valence-corrected chi connectivity index (χ4v) is 3.61. The number of nitrogens with one attached hydrogen (secondary N) is 1. The number of ether oxygens (including phenoxy) is 3. The van der Waals surface area contributed by atoms with Crippen molar-refractivity contribution < 1.29 is 23.8 Å². The van der Waals surface area contributed by atoms with Crippen LogP contribution in [0.25, 0.3) is 0 Å². The summed E-state index contributed by atoms with van der Waals surface area (Å²) in [4.78, 5) is 26.7. The minimum Gasteiger partial charge on any atom is -0.484 e. The lowest BCUT2D eigenvalue weighted by molar-refractivity contribution is -0.140. The molecule has 0 aromatic heterocycles. The molecule has 1 saturated heterocycles. The molecule has 0 unspecified atom stereocenters. The van der Waals surface area contributed by atoms with Gasteiger partial charge in [0.25, 0.3) is 11.8 Å². The van der Waals surface area contributed by atoms with Crippen LogP contribution in [-0.4, -0.2) is 61.8 Å². The summed E-state index contributed by atoms with van der Waals surface area (Å²) in [5.74, 6) is 0.476. The summed E-state index contributed by atoms with van der Waals surface area (Å²) < 4.78 is 16.8. The van der Waals surface area contributed by atoms with E-state index in [1.165, 1.54) is 0 Å². The largest absolute Gasteiger partial charge is 0.484 e. The van der Waals surface area contributed by atoms with Gasteiger partial charge < -0.3 is 24.4 Å². The Balaban J connectivity index is 1.50. The summed E-state index contributed by atoms with van der Waals surface area (Å²) in [6.07, 6.45) is 4.46. The standard InChI is InChI=1S/C21H30N2O5/c1-2-13-28-21(9-3-4-10-21)20(25)22-17-5-7-18(8-6-17)27-16-19(24)23-11-14-26-15-12-23/h5-8H,2-4,9-16H2,1H3,(H,22,25). The molecule has 0 atom stereocenters. The van der Waals surface area contributed by atoms with Gasteiger partial charge in [0.05, 0.1) is 13.2 Å². The maximum Gasteiger partial charge on any atom is 0.260 e. The fraction of sp³-hybridized carbons (Fsp3) is 0.619. The van der Waals surface area contributed by atoms with Gasteiger partial charge in [-0.05, 0) is 56.4 Å². The molecule has 7 nitrogen and oxygen atoms in total. The normalized spacial score (nSPS) is 18.7. The van der Waals surface area contributed by atoms with Gasteiger partial charge in [-0.15, -0.1) is 0 Å². The Morgan fingerprint density at radius 3 is 2.46 bits per heavy atom. The zero-order valence-electron chi connectivity index (χ0n) is 16.6. The van der Waals surface area contributed by atoms with E-state index in [1.54, 1.807) is 29.2 Å². The number of morpholine rings is 1. The smallest absolute Gasteiger partial charge is 0.260 e. The molecule has 1 aromatic carbocycles. The van der Waals surface area contributed by atoms with E-state index in [1.807, 2.05) is 6.92 Å². The second kappa shape index (κ2) is 9.89. The Morgan fingerprint density at radius 1 is 1.14 bits per heavy atom. The number of nitrogens with zero attached hydrogens (tertiary/aromatic N) is 1. The van der Waals surface area contributed by atoms with Gasteiger partial charge in [-0.25, -0.2) is 0 Å². The summed E-state index contributed by atoms with van der Waals surface area (Å²) in [6.45, 7) is 5.00. The molecule has 2 fully saturated rings. The predicted octanol–water partition coefficient (Wildman–Crippen LogP) is 2.60. The molecule has 28 heavy (non-hydrogen) atoms. The SMILES string of the molecule is CCCOC1(C(=O)Nc2ccc(OCC(=O)N3CCOCC3)cc2)CCCC1. The van der Waals surface area contributed by atoms with Gasteiger partial charge in [0.1, 0.15) is 11.4 Å². The second-order valence-electron chi connectivity index (χ2n) is 7.31. The third-order valence-corrected chi connectivity index (χ3v) is 5.25. The molecular formula is C21H30N2O5. The highest BCUT2D eigenvalue weighted by molar-refractivity contribution is 5.97. The molecular weight excluding hydrogens is 360 g/mol. The Hall–Kier alpha value is -2.12. The van der Waals surface area contributed by atoms with E-state index in [0.717, 1.165) is 32.1 Å². The van der Waals surface area contributed by atoms with Crippen LogP contribution in [0.1, 0.15) is 39.0 Å². The molecule has 1 aliphatic carbocycles. The molecule has 1 saturated carbocycles. The van der Waals surface area contributed by atoms with Crippen molar-refractivity contribution in [2.75, 3.05) is 44.8 Å². The first-order chi connectivity index (χ1) is 13.6. The lowest BCUT2D eigenvalue weighted by Gasteiger charge is -2.28. The van der Waals surface area contributed by atoms with Crippen LogP contribution in [-0.2, 0) is 19.1 Å². The number of anilines is 1. The summed E-state index contributed by atoms with van der Waals surface area (Å²) in [5, 5.41) is 2.97. The first-order valence-corrected chi connectivity index (χ1v) is 10.2. The number of carbonyl (C=O) groups excluding carboxylic acids is 2. The number of amides is 2. The van der Waals surface area contributed by atoms with Crippen LogP contribution in [0.4, 0.5) is 5.69 Å². The van der Waals surface area contributed by atoms with Crippen molar-refractivity contribution in [2.24, 2.45) is 0 Å². The van der Waals surface area contributed by atoms with Gasteiger partial charge in [0, 0.05) is 25.4 Å². The highest BCUT2D eigenvalue weighted by Crippen LogP contribution is 2.34. The molecule has 0 bridgehead atoms. The van der Waals surface area contributed by atoms with Crippen molar-refractivity contribution in [3.05, 3.63) is 24.3 Å². The molecule has 0 radical (unpaired) electrons. The molecule has 1 aromatic rings. The zero-order chi connectivity index (χ0) is 19.8. The van der Waals surface area contributed by atoms with Gasteiger partial charge >= 0.3 is 0 Å². The third kappa shape index (κ3) is 5.23. The van der Waals surface area contributed by atoms with Crippen molar-refractivity contribution in [1.82, 2.24) is 4.90 Å². The van der Waals surface area contributed by atoms with Gasteiger partial charge in [-0.1, -0.05) is 6.92 Å². The van der Waals surface area contributed by atoms with Crippen molar-refractivity contribution in [1.29, 1.82) is 0 Å². The first kappa shape index (κ1) is 20.6. The Kier molecular flexibility index (Phi) is 7.28. The van der Waals surface area contributed by atoms with Gasteiger partial charge in [0.15, 0.2) is 6.61 Å². The van der Waals surface area contributed by atoms with E-state index >= 15 is 0 Å². The Morgan fingerprint density at radius 2 is 1.82 bits per heavy atom. The number of benzene rings is 1. The molecule has 154 valence electrons. The van der Waals surface area contributed by atoms with Crippen LogP contribution in [0.5, 0.6) is 5.75 Å². The number of carbonyl (C=O) groups is 2. The van der Waals surface area contributed by atoms with Crippen LogP contribution >= 0.6 is 0 Å². The third-order valence-electron chi connectivity index (χ3n) is 5.25. The maximum absolute atomic E-state index is 12.8. The summed E-state index contributed by atoms with van der Waals surface area (Å²) >= 11 is 0. The van der Waals surface area contributed by atoms with E-state index in [4.69, 9.17) is 14.2 Å². The highest BCUT2D eigenvalue weighted by Gasteiger charge is 2.42. The Bertz CT molecular complexity index is 649. The first-order valence-electron chi connectivity index (χ1n) is 10.2. The van der Waals surface area contributed by atoms with Crippen molar-refractivity contribution >= 4 is 17.5 Å². The van der Waals surface area contributed by atoms with Crippen LogP contribution in [0.3, 0.4) is 0 Å². The molecule has 3 rings (SSSR count). The predicted molar refractivity (Wildman–Crippen MR) is 105 cm³/mol. The number of hydrogen-bond donors (Lipinski definition) is 1. The maximum atomic E-state index is 12.8. The average Bonchev–Trinajstić information content (AvgIpc) is 3.22. The van der Waals surface area contributed by atoms with E-state index in [-0.39, 0.29) is 18.4 Å². The summed E-state index contributed by atoms with van der Waals surface area (Å²) in [5.41, 5.74) is -0.00122. The van der Waals surface area contributed by atoms with Crippen LogP contribution in [0.15, 0.2) is 24.3 Å². The van der Waals surface area contributed by atoms with Crippen molar-refractivity contribution in [3.8, 4) is 5.75 Å². The molecule has 1 N–H and O–H groups in total.